The van der Waals surface area contributed by atoms with Crippen LogP contribution in [-0.2, 0) is 4.74 Å². The van der Waals surface area contributed by atoms with E-state index < -0.39 is 20.8 Å². The molecule has 0 aromatic heterocycles. The highest BCUT2D eigenvalue weighted by atomic mass is 35.6. The van der Waals surface area contributed by atoms with Crippen LogP contribution in [0.4, 0.5) is 0 Å². The molecular weight excluding hydrogens is 208 g/mol. The molecule has 0 N–H and O–H groups in total. The Morgan fingerprint density at radius 2 is 2.00 bits per heavy atom. The number of rotatable bonds is 1. The predicted molar refractivity (Wildman–Crippen MR) is 50.2 cm³/mol. The van der Waals surface area contributed by atoms with Gasteiger partial charge in [0.2, 0.25) is 0 Å². The van der Waals surface area contributed by atoms with Gasteiger partial charge in [-0.05, 0) is 11.3 Å². The smallest absolute Gasteiger partial charge is 0.346 e. The zero-order valence-corrected chi connectivity index (χ0v) is 8.71. The van der Waals surface area contributed by atoms with Crippen molar-refractivity contribution in [3.05, 3.63) is 29.3 Å². The average molecular weight is 213 g/mol. The minimum Gasteiger partial charge on any atom is -0.386 e. The number of carbonyl (C=O) groups is 2. The van der Waals surface area contributed by atoms with Gasteiger partial charge in [0.1, 0.15) is 0 Å². The molecule has 0 radical (unpaired) electrons. The quantitative estimate of drug-likeness (QED) is 0.284. The summed E-state index contributed by atoms with van der Waals surface area (Å²) in [4.78, 5) is 22.2. The van der Waals surface area contributed by atoms with Crippen molar-refractivity contribution in [2.24, 2.45) is 0 Å². The molecule has 0 atom stereocenters. The van der Waals surface area contributed by atoms with E-state index >= 15 is 0 Å². The lowest BCUT2D eigenvalue weighted by Gasteiger charge is -1.97. The first-order chi connectivity index (χ1) is 6.24. The molecule has 1 heterocycles. The van der Waals surface area contributed by atoms with Crippen LogP contribution >= 0.6 is 11.1 Å². The van der Waals surface area contributed by atoms with Crippen LogP contribution in [0.25, 0.3) is 0 Å². The van der Waals surface area contributed by atoms with Crippen LogP contribution in [0.2, 0.25) is 0 Å². The summed E-state index contributed by atoms with van der Waals surface area (Å²) in [7, 11) is -0.965. The van der Waals surface area contributed by atoms with Crippen LogP contribution in [0.1, 0.15) is 20.7 Å². The SMILES string of the molecule is O=C1OC(=O)c2c([SiH2]Cl)cccc21. The van der Waals surface area contributed by atoms with Gasteiger partial charge >= 0.3 is 11.9 Å². The van der Waals surface area contributed by atoms with E-state index in [0.29, 0.717) is 11.1 Å². The predicted octanol–water partition coefficient (Wildman–Crippen LogP) is -0.0549. The lowest BCUT2D eigenvalue weighted by atomic mass is 10.1. The molecule has 66 valence electrons. The molecule has 0 aliphatic carbocycles. The number of hydrogen-bond donors (Lipinski definition) is 0. The molecule has 0 unspecified atom stereocenters. The normalized spacial score (nSPS) is 15.2. The fourth-order valence-corrected chi connectivity index (χ4v) is 2.67. The molecule has 1 aliphatic rings. The van der Waals surface area contributed by atoms with Crippen molar-refractivity contribution in [1.29, 1.82) is 0 Å². The highest BCUT2D eigenvalue weighted by Gasteiger charge is 2.31. The summed E-state index contributed by atoms with van der Waals surface area (Å²) in [5.41, 5.74) is 0.713. The Hall–Kier alpha value is -1.13. The van der Waals surface area contributed by atoms with Crippen LogP contribution in [0.3, 0.4) is 0 Å². The average Bonchev–Trinajstić information content (AvgIpc) is 2.43. The Labute approximate surface area is 81.2 Å². The summed E-state index contributed by atoms with van der Waals surface area (Å²) in [5, 5.41) is 0.773. The van der Waals surface area contributed by atoms with Crippen molar-refractivity contribution in [1.82, 2.24) is 0 Å². The third kappa shape index (κ3) is 1.18. The number of hydrogen-bond acceptors (Lipinski definition) is 3. The molecule has 5 heteroatoms. The first-order valence-electron chi connectivity index (χ1n) is 3.68. The summed E-state index contributed by atoms with van der Waals surface area (Å²) >= 11 is 5.74. The number of ether oxygens (including phenoxy) is 1. The third-order valence-corrected chi connectivity index (χ3v) is 3.65. The fraction of sp³-hybridized carbons (Fsp3) is 0. The number of esters is 2. The van der Waals surface area contributed by atoms with Crippen molar-refractivity contribution in [2.45, 2.75) is 0 Å². The number of benzene rings is 1. The van der Waals surface area contributed by atoms with E-state index in [1.54, 1.807) is 18.2 Å². The molecule has 0 amide bonds. The molecule has 0 spiro atoms. The van der Waals surface area contributed by atoms with Gasteiger partial charge in [-0.1, -0.05) is 12.1 Å². The summed E-state index contributed by atoms with van der Waals surface area (Å²) < 4.78 is 4.46. The van der Waals surface area contributed by atoms with Gasteiger partial charge in [0, 0.05) is 0 Å². The Bertz CT molecular complexity index is 402. The molecule has 1 aromatic rings. The van der Waals surface area contributed by atoms with E-state index in [-0.39, 0.29) is 0 Å². The van der Waals surface area contributed by atoms with Crippen LogP contribution in [0, 0.1) is 0 Å². The Kier molecular flexibility index (Phi) is 1.94. The minimum absolute atomic E-state index is 0.343. The number of cyclic esters (lactones) is 2. The maximum absolute atomic E-state index is 11.2. The maximum Gasteiger partial charge on any atom is 0.346 e. The van der Waals surface area contributed by atoms with Gasteiger partial charge in [0.05, 0.1) is 11.1 Å². The molecule has 1 aromatic carbocycles. The molecule has 0 saturated heterocycles. The van der Waals surface area contributed by atoms with E-state index in [9.17, 15) is 9.59 Å². The molecule has 13 heavy (non-hydrogen) atoms. The Balaban J connectivity index is 2.69. The van der Waals surface area contributed by atoms with Crippen LogP contribution < -0.4 is 5.19 Å². The second kappa shape index (κ2) is 2.97. The van der Waals surface area contributed by atoms with Gasteiger partial charge in [0.15, 0.2) is 8.83 Å². The zero-order chi connectivity index (χ0) is 9.42. The summed E-state index contributed by atoms with van der Waals surface area (Å²) in [6.45, 7) is 0. The minimum atomic E-state index is -0.965. The second-order valence-electron chi connectivity index (χ2n) is 2.65. The van der Waals surface area contributed by atoms with Gasteiger partial charge < -0.3 is 4.74 Å². The topological polar surface area (TPSA) is 43.4 Å². The lowest BCUT2D eigenvalue weighted by molar-refractivity contribution is 0.0444. The Morgan fingerprint density at radius 1 is 1.23 bits per heavy atom. The molecule has 0 fully saturated rings. The van der Waals surface area contributed by atoms with Crippen molar-refractivity contribution in [3.8, 4) is 0 Å². The number of carbonyl (C=O) groups excluding carboxylic acids is 2. The van der Waals surface area contributed by atoms with Gasteiger partial charge in [-0.3, -0.25) is 0 Å². The van der Waals surface area contributed by atoms with Gasteiger partial charge in [0.25, 0.3) is 0 Å². The summed E-state index contributed by atoms with van der Waals surface area (Å²) in [6, 6.07) is 5.05. The molecule has 3 nitrogen and oxygen atoms in total. The highest BCUT2D eigenvalue weighted by molar-refractivity contribution is 7.01. The molecule has 1 aliphatic heterocycles. The Morgan fingerprint density at radius 3 is 2.69 bits per heavy atom. The second-order valence-corrected chi connectivity index (χ2v) is 4.48. The van der Waals surface area contributed by atoms with Crippen molar-refractivity contribution >= 4 is 37.0 Å². The third-order valence-electron chi connectivity index (χ3n) is 1.90. The van der Waals surface area contributed by atoms with Crippen LogP contribution in [-0.4, -0.2) is 20.8 Å². The number of halogens is 1. The molecular formula is C8H5ClO3Si. The molecule has 0 bridgehead atoms. The van der Waals surface area contributed by atoms with E-state index in [4.69, 9.17) is 11.1 Å². The lowest BCUT2D eigenvalue weighted by Crippen LogP contribution is -2.18. The van der Waals surface area contributed by atoms with Crippen molar-refractivity contribution in [3.63, 3.8) is 0 Å². The van der Waals surface area contributed by atoms with Crippen molar-refractivity contribution in [2.75, 3.05) is 0 Å². The van der Waals surface area contributed by atoms with Gasteiger partial charge in [-0.2, -0.15) is 11.1 Å². The summed E-state index contributed by atoms with van der Waals surface area (Å²) in [6.07, 6.45) is 0. The fourth-order valence-electron chi connectivity index (χ4n) is 1.31. The van der Waals surface area contributed by atoms with Crippen LogP contribution in [0.5, 0.6) is 0 Å². The molecule has 2 rings (SSSR count). The van der Waals surface area contributed by atoms with E-state index in [2.05, 4.69) is 4.74 Å². The number of fused-ring (bicyclic) bond motifs is 1. The van der Waals surface area contributed by atoms with Gasteiger partial charge in [-0.25, -0.2) is 9.59 Å². The molecule has 0 saturated carbocycles. The first-order valence-corrected chi connectivity index (χ1v) is 6.53. The monoisotopic (exact) mass is 212 g/mol. The zero-order valence-electron chi connectivity index (χ0n) is 6.54. The standard InChI is InChI=1S/C8H5ClO3Si/c9-13-5-3-1-2-4-6(5)8(11)12-7(4)10/h1-3H,13H2. The van der Waals surface area contributed by atoms with E-state index in [0.717, 1.165) is 5.19 Å². The maximum atomic E-state index is 11.2. The van der Waals surface area contributed by atoms with Crippen molar-refractivity contribution < 1.29 is 14.3 Å². The largest absolute Gasteiger partial charge is 0.386 e. The summed E-state index contributed by atoms with van der Waals surface area (Å²) in [5.74, 6) is -1.13. The highest BCUT2D eigenvalue weighted by Crippen LogP contribution is 2.17. The van der Waals surface area contributed by atoms with E-state index in [1.165, 1.54) is 0 Å². The van der Waals surface area contributed by atoms with Gasteiger partial charge in [-0.15, -0.1) is 0 Å². The van der Waals surface area contributed by atoms with Crippen LogP contribution in [0.15, 0.2) is 18.2 Å². The first kappa shape index (κ1) is 8.46. The van der Waals surface area contributed by atoms with E-state index in [1.807, 2.05) is 0 Å².